The normalized spacial score (nSPS) is 15.1. The zero-order chi connectivity index (χ0) is 22.7. The Balaban J connectivity index is 2.04. The van der Waals surface area contributed by atoms with Crippen molar-refractivity contribution in [3.63, 3.8) is 0 Å². The lowest BCUT2D eigenvalue weighted by Crippen LogP contribution is -2.54. The lowest BCUT2D eigenvalue weighted by Gasteiger charge is -2.29. The van der Waals surface area contributed by atoms with E-state index in [1.54, 1.807) is 12.1 Å². The molecular weight excluding hydrogens is 420 g/mol. The average Bonchev–Trinajstić information content (AvgIpc) is 2.73. The number of thiocarbonyl (C=S) groups is 1. The van der Waals surface area contributed by atoms with E-state index in [1.165, 1.54) is 43.5 Å². The fourth-order valence-corrected chi connectivity index (χ4v) is 3.33. The lowest BCUT2D eigenvalue weighted by atomic mass is 10.0. The number of phenols is 1. The molecule has 9 heteroatoms. The van der Waals surface area contributed by atoms with Crippen molar-refractivity contribution in [2.45, 2.75) is 6.42 Å². The van der Waals surface area contributed by atoms with Crippen molar-refractivity contribution in [3.8, 4) is 11.5 Å². The van der Waals surface area contributed by atoms with Crippen LogP contribution in [0.2, 0.25) is 0 Å². The van der Waals surface area contributed by atoms with Gasteiger partial charge in [-0.15, -0.1) is 6.58 Å². The van der Waals surface area contributed by atoms with Crippen LogP contribution in [0.15, 0.2) is 54.6 Å². The van der Waals surface area contributed by atoms with Crippen LogP contribution in [0.1, 0.15) is 21.5 Å². The summed E-state index contributed by atoms with van der Waals surface area (Å²) in [5, 5.41) is 21.6. The molecule has 3 N–H and O–H groups in total. The highest BCUT2D eigenvalue weighted by atomic mass is 32.1. The monoisotopic (exact) mass is 438 g/mol. The number of carbonyl (C=O) groups is 3. The molecule has 1 saturated heterocycles. The maximum atomic E-state index is 13.1. The van der Waals surface area contributed by atoms with E-state index in [4.69, 9.17) is 22.1 Å². The Labute approximate surface area is 183 Å². The quantitative estimate of drug-likeness (QED) is 0.275. The number of carboxylic acid groups (broad SMARTS) is 1. The molecule has 0 radical (unpaired) electrons. The second kappa shape index (κ2) is 8.80. The molecule has 2 amide bonds. The van der Waals surface area contributed by atoms with E-state index in [1.807, 2.05) is 0 Å². The molecule has 0 aliphatic carbocycles. The van der Waals surface area contributed by atoms with E-state index < -0.39 is 17.8 Å². The lowest BCUT2D eigenvalue weighted by molar-refractivity contribution is -0.122. The number of nitrogens with one attached hydrogen (secondary N) is 1. The molecule has 2 aromatic rings. The van der Waals surface area contributed by atoms with Crippen LogP contribution in [-0.2, 0) is 16.0 Å². The van der Waals surface area contributed by atoms with Crippen LogP contribution in [-0.4, -0.2) is 40.2 Å². The van der Waals surface area contributed by atoms with Crippen molar-refractivity contribution in [2.24, 2.45) is 0 Å². The molecule has 0 bridgehead atoms. The number of nitrogens with zero attached hydrogens (tertiary/aromatic N) is 1. The van der Waals surface area contributed by atoms with Crippen LogP contribution in [0.3, 0.4) is 0 Å². The smallest absolute Gasteiger partial charge is 0.335 e. The summed E-state index contributed by atoms with van der Waals surface area (Å²) in [6.07, 6.45) is 3.32. The number of aromatic hydroxyl groups is 1. The molecule has 0 saturated carbocycles. The molecular formula is C22H18N2O6S. The standard InChI is InChI=1S/C22H18N2O6S/c1-3-4-14-9-12(11-17(30-2)18(14)25)10-16-19(26)23-22(31)24(20(16)27)15-7-5-13(6-8-15)21(28)29/h3,5-11,25H,1,4H2,2H3,(H,28,29)(H,23,26,31)/b16-10+. The minimum Gasteiger partial charge on any atom is -0.504 e. The maximum Gasteiger partial charge on any atom is 0.335 e. The Bertz CT molecular complexity index is 1140. The molecule has 1 heterocycles. The van der Waals surface area contributed by atoms with Gasteiger partial charge in [0.2, 0.25) is 0 Å². The number of carbonyl (C=O) groups excluding carboxylic acids is 2. The van der Waals surface area contributed by atoms with Gasteiger partial charge in [-0.1, -0.05) is 6.08 Å². The zero-order valence-corrected chi connectivity index (χ0v) is 17.2. The fourth-order valence-electron chi connectivity index (χ4n) is 3.05. The SMILES string of the molecule is C=CCc1cc(/C=C2\C(=O)NC(=S)N(c3ccc(C(=O)O)cc3)C2=O)cc(OC)c1O. The van der Waals surface area contributed by atoms with Gasteiger partial charge in [0.1, 0.15) is 5.57 Å². The van der Waals surface area contributed by atoms with E-state index in [0.717, 1.165) is 4.90 Å². The van der Waals surface area contributed by atoms with Crippen molar-refractivity contribution >= 4 is 46.9 Å². The number of aromatic carboxylic acids is 1. The average molecular weight is 438 g/mol. The van der Waals surface area contributed by atoms with Gasteiger partial charge in [0, 0.05) is 5.56 Å². The van der Waals surface area contributed by atoms with Crippen molar-refractivity contribution in [1.82, 2.24) is 5.32 Å². The third kappa shape index (κ3) is 4.31. The number of ether oxygens (including phenoxy) is 1. The van der Waals surface area contributed by atoms with Gasteiger partial charge in [0.25, 0.3) is 11.8 Å². The Hall–Kier alpha value is -3.98. The minimum absolute atomic E-state index is 0.0462. The molecule has 1 fully saturated rings. The molecule has 0 aromatic heterocycles. The molecule has 0 spiro atoms. The van der Waals surface area contributed by atoms with Gasteiger partial charge in [0.05, 0.1) is 18.4 Å². The summed E-state index contributed by atoms with van der Waals surface area (Å²) < 4.78 is 5.18. The number of anilines is 1. The van der Waals surface area contributed by atoms with Gasteiger partial charge < -0.3 is 14.9 Å². The topological polar surface area (TPSA) is 116 Å². The molecule has 8 nitrogen and oxygen atoms in total. The number of rotatable bonds is 6. The van der Waals surface area contributed by atoms with Crippen LogP contribution < -0.4 is 15.0 Å². The highest BCUT2D eigenvalue weighted by molar-refractivity contribution is 7.80. The van der Waals surface area contributed by atoms with Gasteiger partial charge in [-0.05, 0) is 66.7 Å². The van der Waals surface area contributed by atoms with Crippen LogP contribution >= 0.6 is 12.2 Å². The van der Waals surface area contributed by atoms with Gasteiger partial charge in [-0.25, -0.2) is 4.79 Å². The summed E-state index contributed by atoms with van der Waals surface area (Å²) in [4.78, 5) is 37.7. The predicted molar refractivity (Wildman–Crippen MR) is 118 cm³/mol. The Morgan fingerprint density at radius 3 is 2.52 bits per heavy atom. The number of methoxy groups -OCH3 is 1. The van der Waals surface area contributed by atoms with Gasteiger partial charge in [-0.3, -0.25) is 19.8 Å². The molecule has 2 aromatic carbocycles. The third-order valence-corrected chi connectivity index (χ3v) is 4.83. The molecule has 0 atom stereocenters. The van der Waals surface area contributed by atoms with Crippen molar-refractivity contribution in [3.05, 3.63) is 71.3 Å². The highest BCUT2D eigenvalue weighted by Gasteiger charge is 2.34. The number of amides is 2. The van der Waals surface area contributed by atoms with E-state index >= 15 is 0 Å². The van der Waals surface area contributed by atoms with E-state index in [2.05, 4.69) is 11.9 Å². The van der Waals surface area contributed by atoms with Crippen molar-refractivity contribution in [1.29, 1.82) is 0 Å². The van der Waals surface area contributed by atoms with Crippen LogP contribution in [0.25, 0.3) is 6.08 Å². The Morgan fingerprint density at radius 2 is 1.94 bits per heavy atom. The summed E-state index contributed by atoms with van der Waals surface area (Å²) in [5.41, 5.74) is 1.14. The first kappa shape index (κ1) is 21.7. The third-order valence-electron chi connectivity index (χ3n) is 4.55. The van der Waals surface area contributed by atoms with Crippen molar-refractivity contribution in [2.75, 3.05) is 12.0 Å². The van der Waals surface area contributed by atoms with E-state index in [9.17, 15) is 19.5 Å². The largest absolute Gasteiger partial charge is 0.504 e. The van der Waals surface area contributed by atoms with Gasteiger partial charge in [0.15, 0.2) is 16.6 Å². The molecule has 1 aliphatic rings. The first-order chi connectivity index (χ1) is 14.8. The number of carboxylic acids is 1. The molecule has 158 valence electrons. The van der Waals surface area contributed by atoms with Crippen LogP contribution in [0.4, 0.5) is 5.69 Å². The second-order valence-electron chi connectivity index (χ2n) is 6.53. The van der Waals surface area contributed by atoms with Crippen LogP contribution in [0, 0.1) is 0 Å². The number of phenolic OH excluding ortho intramolecular Hbond substituents is 1. The summed E-state index contributed by atoms with van der Waals surface area (Å²) in [6.45, 7) is 3.65. The molecule has 0 unspecified atom stereocenters. The Kier molecular flexibility index (Phi) is 6.17. The van der Waals surface area contributed by atoms with E-state index in [0.29, 0.717) is 23.2 Å². The molecule has 3 rings (SSSR count). The summed E-state index contributed by atoms with van der Waals surface area (Å²) in [6, 6.07) is 8.63. The first-order valence-corrected chi connectivity index (χ1v) is 9.43. The van der Waals surface area contributed by atoms with E-state index in [-0.39, 0.29) is 27.7 Å². The van der Waals surface area contributed by atoms with Gasteiger partial charge in [-0.2, -0.15) is 0 Å². The number of allylic oxidation sites excluding steroid dienone is 1. The maximum absolute atomic E-state index is 13.1. The predicted octanol–water partition coefficient (Wildman–Crippen LogP) is 2.66. The number of hydrogen-bond acceptors (Lipinski definition) is 6. The first-order valence-electron chi connectivity index (χ1n) is 9.02. The summed E-state index contributed by atoms with van der Waals surface area (Å²) in [7, 11) is 1.39. The second-order valence-corrected chi connectivity index (χ2v) is 6.92. The van der Waals surface area contributed by atoms with Gasteiger partial charge >= 0.3 is 5.97 Å². The fraction of sp³-hybridized carbons (Fsp3) is 0.0909. The summed E-state index contributed by atoms with van der Waals surface area (Å²) >= 11 is 5.14. The number of benzene rings is 2. The Morgan fingerprint density at radius 1 is 1.26 bits per heavy atom. The minimum atomic E-state index is -1.11. The molecule has 31 heavy (non-hydrogen) atoms. The highest BCUT2D eigenvalue weighted by Crippen LogP contribution is 2.33. The van der Waals surface area contributed by atoms with Crippen molar-refractivity contribution < 1.29 is 29.3 Å². The van der Waals surface area contributed by atoms with Crippen LogP contribution in [0.5, 0.6) is 11.5 Å². The zero-order valence-electron chi connectivity index (χ0n) is 16.4. The number of hydrogen-bond donors (Lipinski definition) is 3. The summed E-state index contributed by atoms with van der Waals surface area (Å²) in [5.74, 6) is -2.32. The molecule has 1 aliphatic heterocycles.